The van der Waals surface area contributed by atoms with E-state index >= 15 is 0 Å². The molecule has 2 rings (SSSR count). The van der Waals surface area contributed by atoms with Gasteiger partial charge < -0.3 is 4.90 Å². The Morgan fingerprint density at radius 2 is 1.73 bits per heavy atom. The van der Waals surface area contributed by atoms with Crippen molar-refractivity contribution in [2.75, 3.05) is 24.4 Å². The fourth-order valence-electron chi connectivity index (χ4n) is 1.97. The number of nitrogens with zero attached hydrogens (tertiary/aromatic N) is 5. The molecule has 0 amide bonds. The second kappa shape index (κ2) is 7.53. The normalized spacial score (nSPS) is 10.4. The molecule has 1 aromatic carbocycles. The van der Waals surface area contributed by atoms with Gasteiger partial charge in [0, 0.05) is 19.7 Å². The van der Waals surface area contributed by atoms with Crippen LogP contribution in [0.4, 0.5) is 24.7 Å². The van der Waals surface area contributed by atoms with Gasteiger partial charge in [-0.3, -0.25) is 5.43 Å². The number of halogens is 3. The van der Waals surface area contributed by atoms with E-state index in [4.69, 9.17) is 10.5 Å². The van der Waals surface area contributed by atoms with Crippen molar-refractivity contribution in [1.29, 1.82) is 10.5 Å². The molecule has 0 aliphatic rings. The van der Waals surface area contributed by atoms with Gasteiger partial charge in [-0.05, 0) is 24.3 Å². The Hall–Kier alpha value is -3.59. The Morgan fingerprint density at radius 1 is 1.12 bits per heavy atom. The smallest absolute Gasteiger partial charge is 0.363 e. The molecule has 0 spiro atoms. The first-order valence-electron chi connectivity index (χ1n) is 7.25. The van der Waals surface area contributed by atoms with Gasteiger partial charge >= 0.3 is 6.18 Å². The summed E-state index contributed by atoms with van der Waals surface area (Å²) in [6.45, 7) is 0. The first-order chi connectivity index (χ1) is 12.2. The van der Waals surface area contributed by atoms with E-state index in [1.165, 1.54) is 4.90 Å². The summed E-state index contributed by atoms with van der Waals surface area (Å²) < 4.78 is 39.3. The number of rotatable bonds is 4. The van der Waals surface area contributed by atoms with Crippen LogP contribution < -0.4 is 10.3 Å². The van der Waals surface area contributed by atoms with Crippen LogP contribution in [0.2, 0.25) is 0 Å². The lowest BCUT2D eigenvalue weighted by Crippen LogP contribution is -2.14. The van der Waals surface area contributed by atoms with Crippen molar-refractivity contribution in [1.82, 2.24) is 4.98 Å². The summed E-state index contributed by atoms with van der Waals surface area (Å²) in [6, 6.07) is 11.4. The zero-order valence-corrected chi connectivity index (χ0v) is 13.8. The third kappa shape index (κ3) is 4.48. The first-order valence-corrected chi connectivity index (χ1v) is 7.25. The first kappa shape index (κ1) is 18.7. The maximum absolute atomic E-state index is 13.1. The van der Waals surface area contributed by atoms with Crippen molar-refractivity contribution in [3.8, 4) is 23.4 Å². The van der Waals surface area contributed by atoms with Crippen molar-refractivity contribution in [3.05, 3.63) is 42.0 Å². The lowest BCUT2D eigenvalue weighted by molar-refractivity contribution is -0.137. The summed E-state index contributed by atoms with van der Waals surface area (Å²) in [6.07, 6.45) is -4.48. The zero-order chi connectivity index (χ0) is 19.3. The largest absolute Gasteiger partial charge is 0.416 e. The molecule has 0 radical (unpaired) electrons. The summed E-state index contributed by atoms with van der Waals surface area (Å²) in [7, 11) is 3.22. The van der Waals surface area contributed by atoms with Gasteiger partial charge in [0.25, 0.3) is 0 Å². The molecule has 6 nitrogen and oxygen atoms in total. The molecule has 26 heavy (non-hydrogen) atoms. The lowest BCUT2D eigenvalue weighted by Gasteiger charge is -2.16. The van der Waals surface area contributed by atoms with Gasteiger partial charge in [0.05, 0.1) is 16.9 Å². The number of hydrogen-bond acceptors (Lipinski definition) is 6. The van der Waals surface area contributed by atoms with Crippen molar-refractivity contribution < 1.29 is 13.2 Å². The van der Waals surface area contributed by atoms with Crippen LogP contribution in [-0.2, 0) is 6.18 Å². The van der Waals surface area contributed by atoms with Crippen LogP contribution in [0.15, 0.2) is 41.5 Å². The van der Waals surface area contributed by atoms with Crippen LogP contribution in [0.5, 0.6) is 0 Å². The molecule has 132 valence electrons. The van der Waals surface area contributed by atoms with E-state index in [1.807, 2.05) is 0 Å². The van der Waals surface area contributed by atoms with Crippen molar-refractivity contribution in [2.45, 2.75) is 6.18 Å². The average molecular weight is 358 g/mol. The Kier molecular flexibility index (Phi) is 5.43. The van der Waals surface area contributed by atoms with Crippen molar-refractivity contribution >= 4 is 17.2 Å². The topological polar surface area (TPSA) is 88.1 Å². The molecule has 1 N–H and O–H groups in total. The Bertz CT molecular complexity index is 886. The van der Waals surface area contributed by atoms with Gasteiger partial charge in [0.2, 0.25) is 5.71 Å². The Balaban J connectivity index is 2.37. The summed E-state index contributed by atoms with van der Waals surface area (Å²) in [5.74, 6) is 0.189. The second-order valence-electron chi connectivity index (χ2n) is 5.36. The molecule has 0 saturated heterocycles. The molecule has 0 aliphatic carbocycles. The fraction of sp³-hybridized carbons (Fsp3) is 0.176. The van der Waals surface area contributed by atoms with Crippen LogP contribution in [0, 0.1) is 22.7 Å². The molecular formula is C17H13F3N6. The van der Waals surface area contributed by atoms with Crippen LogP contribution in [0.3, 0.4) is 0 Å². The molecule has 2 aromatic rings. The number of hydrogen-bond donors (Lipinski definition) is 1. The second-order valence-corrected chi connectivity index (χ2v) is 5.36. The third-order valence-electron chi connectivity index (χ3n) is 3.29. The van der Waals surface area contributed by atoms with E-state index in [9.17, 15) is 13.2 Å². The minimum absolute atomic E-state index is 0.174. The molecular weight excluding hydrogens is 345 g/mol. The van der Waals surface area contributed by atoms with Crippen molar-refractivity contribution in [2.24, 2.45) is 5.10 Å². The molecule has 0 fully saturated rings. The summed E-state index contributed by atoms with van der Waals surface area (Å²) in [5.41, 5.74) is 2.52. The van der Waals surface area contributed by atoms with Crippen LogP contribution >= 0.6 is 0 Å². The number of hydrazone groups is 1. The number of nitriles is 2. The predicted molar refractivity (Wildman–Crippen MR) is 91.3 cm³/mol. The molecule has 0 unspecified atom stereocenters. The van der Waals surface area contributed by atoms with E-state index in [1.54, 1.807) is 50.5 Å². The molecule has 9 heteroatoms. The van der Waals surface area contributed by atoms with E-state index in [0.29, 0.717) is 11.3 Å². The SMILES string of the molecule is CN(C)c1cc(C(F)(F)F)cc(-c2ccc(NN=C(C#N)C#N)cc2)n1. The standard InChI is InChI=1S/C17H13F3N6/c1-26(2)16-8-12(17(18,19)20)7-15(23-16)11-3-5-13(6-4-11)24-25-14(9-21)10-22/h3-8,24H,1-2H3. The number of anilines is 2. The minimum atomic E-state index is -4.48. The quantitative estimate of drug-likeness (QED) is 0.666. The molecule has 0 bridgehead atoms. The van der Waals surface area contributed by atoms with E-state index in [2.05, 4.69) is 15.5 Å². The molecule has 0 aliphatic heterocycles. The molecule has 0 saturated carbocycles. The highest BCUT2D eigenvalue weighted by Gasteiger charge is 2.32. The fourth-order valence-corrected chi connectivity index (χ4v) is 1.97. The average Bonchev–Trinajstić information content (AvgIpc) is 2.62. The van der Waals surface area contributed by atoms with Gasteiger partial charge in [0.1, 0.15) is 18.0 Å². The van der Waals surface area contributed by atoms with E-state index < -0.39 is 11.7 Å². The summed E-state index contributed by atoms with van der Waals surface area (Å²) >= 11 is 0. The van der Waals surface area contributed by atoms with Crippen molar-refractivity contribution in [3.63, 3.8) is 0 Å². The number of benzene rings is 1. The number of alkyl halides is 3. The highest BCUT2D eigenvalue weighted by molar-refractivity contribution is 6.10. The Labute approximate surface area is 147 Å². The zero-order valence-electron chi connectivity index (χ0n) is 13.8. The highest BCUT2D eigenvalue weighted by atomic mass is 19.4. The highest BCUT2D eigenvalue weighted by Crippen LogP contribution is 2.34. The number of aromatic nitrogens is 1. The minimum Gasteiger partial charge on any atom is -0.363 e. The summed E-state index contributed by atoms with van der Waals surface area (Å²) in [5, 5.41) is 20.8. The van der Waals surface area contributed by atoms with Gasteiger partial charge in [-0.2, -0.15) is 28.8 Å². The van der Waals surface area contributed by atoms with Gasteiger partial charge in [-0.25, -0.2) is 4.98 Å². The van der Waals surface area contributed by atoms with Gasteiger partial charge in [0.15, 0.2) is 0 Å². The van der Waals surface area contributed by atoms with Crippen LogP contribution in [0.25, 0.3) is 11.3 Å². The third-order valence-corrected chi connectivity index (χ3v) is 3.29. The van der Waals surface area contributed by atoms with Crippen LogP contribution in [0.1, 0.15) is 5.56 Å². The van der Waals surface area contributed by atoms with Gasteiger partial charge in [-0.15, -0.1) is 0 Å². The van der Waals surface area contributed by atoms with E-state index in [0.717, 1.165) is 12.1 Å². The monoisotopic (exact) mass is 358 g/mol. The summed E-state index contributed by atoms with van der Waals surface area (Å²) in [4.78, 5) is 5.73. The van der Waals surface area contributed by atoms with E-state index in [-0.39, 0.29) is 17.2 Å². The number of nitrogens with one attached hydrogen (secondary N) is 1. The lowest BCUT2D eigenvalue weighted by atomic mass is 10.1. The predicted octanol–water partition coefficient (Wildman–Crippen LogP) is 3.65. The van der Waals surface area contributed by atoms with Crippen LogP contribution in [-0.4, -0.2) is 24.8 Å². The molecule has 1 aromatic heterocycles. The Morgan fingerprint density at radius 3 is 2.23 bits per heavy atom. The number of pyridine rings is 1. The maximum Gasteiger partial charge on any atom is 0.416 e. The molecule has 0 atom stereocenters. The molecule has 1 heterocycles. The maximum atomic E-state index is 13.1. The van der Waals surface area contributed by atoms with Gasteiger partial charge in [-0.1, -0.05) is 12.1 Å².